The summed E-state index contributed by atoms with van der Waals surface area (Å²) in [6.45, 7) is 9.07. The van der Waals surface area contributed by atoms with Crippen LogP contribution in [0.1, 0.15) is 31.9 Å². The maximum atomic E-state index is 6.55. The van der Waals surface area contributed by atoms with Crippen LogP contribution < -0.4 is 16.2 Å². The van der Waals surface area contributed by atoms with Crippen LogP contribution in [0.25, 0.3) is 103 Å². The third-order valence-corrected chi connectivity index (χ3v) is 13.8. The highest BCUT2D eigenvalue weighted by molar-refractivity contribution is 7.25. The lowest BCUT2D eigenvalue weighted by atomic mass is 9.58. The molecule has 12 aromatic rings. The van der Waals surface area contributed by atoms with Gasteiger partial charge >= 0.3 is 0 Å². The zero-order chi connectivity index (χ0) is 39.3. The molecule has 0 fully saturated rings. The number of para-hydroxylation sites is 2. The molecule has 5 heterocycles. The summed E-state index contributed by atoms with van der Waals surface area (Å²) in [7, 11) is 2.42. The molecule has 0 spiro atoms. The van der Waals surface area contributed by atoms with E-state index in [1.807, 2.05) is 23.5 Å². The van der Waals surface area contributed by atoms with Crippen molar-refractivity contribution in [2.75, 3.05) is 5.32 Å². The highest BCUT2D eigenvalue weighted by Crippen LogP contribution is 2.45. The Morgan fingerprint density at radius 2 is 1.25 bits per heavy atom. The van der Waals surface area contributed by atoms with Crippen LogP contribution in [0.5, 0.6) is 0 Å². The molecule has 59 heavy (non-hydrogen) atoms. The molecule has 13 rings (SSSR count). The molecule has 1 aliphatic rings. The Hall–Kier alpha value is -6.76. The maximum Gasteiger partial charge on any atom is 0.197 e. The highest BCUT2D eigenvalue weighted by Gasteiger charge is 2.30. The van der Waals surface area contributed by atoms with Gasteiger partial charge in [0.05, 0.1) is 5.52 Å². The highest BCUT2D eigenvalue weighted by atomic mass is 32.1. The summed E-state index contributed by atoms with van der Waals surface area (Å²) in [5, 5.41) is 13.5. The average Bonchev–Trinajstić information content (AvgIpc) is 3.99. The van der Waals surface area contributed by atoms with Crippen molar-refractivity contribution in [3.05, 3.63) is 151 Å². The molecule has 0 saturated heterocycles. The van der Waals surface area contributed by atoms with Gasteiger partial charge in [0.15, 0.2) is 7.28 Å². The fourth-order valence-corrected chi connectivity index (χ4v) is 10.9. The van der Waals surface area contributed by atoms with Gasteiger partial charge in [-0.25, -0.2) is 0 Å². The number of hydrogen-bond acceptors (Lipinski definition) is 4. The minimum absolute atomic E-state index is 0.0733. The molecule has 0 amide bonds. The second-order valence-corrected chi connectivity index (χ2v) is 18.4. The summed E-state index contributed by atoms with van der Waals surface area (Å²) in [6.07, 6.45) is 0. The summed E-state index contributed by atoms with van der Waals surface area (Å²) in [6, 6.07) is 50.9. The van der Waals surface area contributed by atoms with E-state index in [0.29, 0.717) is 0 Å². The lowest BCUT2D eigenvalue weighted by molar-refractivity contribution is 0.590. The van der Waals surface area contributed by atoms with E-state index in [0.717, 1.165) is 71.9 Å². The van der Waals surface area contributed by atoms with Crippen LogP contribution in [-0.2, 0) is 5.41 Å². The molecular formula is C53H36BN2O2S. The molecule has 0 saturated carbocycles. The van der Waals surface area contributed by atoms with Gasteiger partial charge in [-0.05, 0) is 83.0 Å². The summed E-state index contributed by atoms with van der Waals surface area (Å²) >= 11 is 1.85. The topological polar surface area (TPSA) is 43.2 Å². The largest absolute Gasteiger partial charge is 0.456 e. The Morgan fingerprint density at radius 1 is 0.576 bits per heavy atom. The van der Waals surface area contributed by atoms with Gasteiger partial charge in [-0.2, -0.15) is 0 Å². The van der Waals surface area contributed by atoms with Gasteiger partial charge in [0, 0.05) is 92.8 Å². The Morgan fingerprint density at radius 3 is 2.00 bits per heavy atom. The summed E-state index contributed by atoms with van der Waals surface area (Å²) < 4.78 is 18.1. The monoisotopic (exact) mass is 775 g/mol. The van der Waals surface area contributed by atoms with E-state index >= 15 is 0 Å². The third kappa shape index (κ3) is 4.72. The van der Waals surface area contributed by atoms with Crippen molar-refractivity contribution in [1.82, 2.24) is 4.57 Å². The normalized spacial score (nSPS) is 12.9. The van der Waals surface area contributed by atoms with E-state index in [9.17, 15) is 0 Å². The van der Waals surface area contributed by atoms with Crippen molar-refractivity contribution < 1.29 is 8.83 Å². The fraction of sp³-hybridized carbons (Fsp3) is 0.0943. The number of nitrogens with one attached hydrogen (secondary N) is 1. The Bertz CT molecular complexity index is 3780. The van der Waals surface area contributed by atoms with Crippen LogP contribution in [0.4, 0.5) is 11.4 Å². The van der Waals surface area contributed by atoms with Crippen LogP contribution in [0.2, 0.25) is 0 Å². The van der Waals surface area contributed by atoms with Crippen LogP contribution in [-0.4, -0.2) is 11.8 Å². The SMILES string of the molecule is Cc1cc(-c2cc3c(cc2Nc2ccc(C(C)(C)C)cc2)sc2ccccc23)c2c3c1c1cc4c(cc1n3-c1cc3oc5ccccc5c3cc1[B]2)oc1ccccc14. The molecule has 6 heteroatoms. The molecule has 4 nitrogen and oxygen atoms in total. The van der Waals surface area contributed by atoms with Gasteiger partial charge in [-0.3, -0.25) is 0 Å². The first-order chi connectivity index (χ1) is 28.7. The number of anilines is 2. The molecule has 0 aliphatic carbocycles. The Kier molecular flexibility index (Phi) is 6.58. The first-order valence-electron chi connectivity index (χ1n) is 20.3. The number of nitrogens with zero attached hydrogens (tertiary/aromatic N) is 1. The van der Waals surface area contributed by atoms with E-state index in [1.165, 1.54) is 64.2 Å². The zero-order valence-electron chi connectivity index (χ0n) is 33.0. The number of aryl methyl sites for hydroxylation is 1. The van der Waals surface area contributed by atoms with Crippen LogP contribution in [0.3, 0.4) is 0 Å². The summed E-state index contributed by atoms with van der Waals surface area (Å²) in [4.78, 5) is 0. The van der Waals surface area contributed by atoms with Crippen molar-refractivity contribution in [2.45, 2.75) is 33.1 Å². The standard InChI is InChI=1S/C53H36BN2O2S/c1-28-21-38(34-22-37-33-13-7-10-16-48(33)59-49(37)25-41(34)55-30-19-17-29(18-20-30)53(2,3)4)51-52-50(28)39-23-35-31-11-5-8-14-44(31)57-46(35)26-42(39)56(52)43-27-47-36(24-40(43)54-51)32-12-6-9-15-45(32)58-47/h5-27,55H,1-4H3. The second-order valence-electron chi connectivity index (χ2n) is 17.3. The molecule has 1 N–H and O–H groups in total. The first kappa shape index (κ1) is 33.2. The van der Waals surface area contributed by atoms with Gasteiger partial charge in [0.1, 0.15) is 22.3 Å². The van der Waals surface area contributed by atoms with Gasteiger partial charge < -0.3 is 18.7 Å². The third-order valence-electron chi connectivity index (χ3n) is 12.7. The molecule has 0 atom stereocenters. The quantitative estimate of drug-likeness (QED) is 0.182. The van der Waals surface area contributed by atoms with Gasteiger partial charge in [-0.1, -0.05) is 105 Å². The molecule has 0 unspecified atom stereocenters. The predicted octanol–water partition coefficient (Wildman–Crippen LogP) is 13.9. The van der Waals surface area contributed by atoms with Crippen LogP contribution >= 0.6 is 11.3 Å². The van der Waals surface area contributed by atoms with Crippen molar-refractivity contribution in [1.29, 1.82) is 0 Å². The summed E-state index contributed by atoms with van der Waals surface area (Å²) in [5.41, 5.74) is 16.5. The first-order valence-corrected chi connectivity index (χ1v) is 21.1. The number of rotatable bonds is 3. The molecule has 8 aromatic carbocycles. The number of furan rings is 2. The average molecular weight is 776 g/mol. The Labute approximate surface area is 344 Å². The maximum absolute atomic E-state index is 6.55. The van der Waals surface area contributed by atoms with Crippen molar-refractivity contribution in [3.63, 3.8) is 0 Å². The van der Waals surface area contributed by atoms with E-state index in [-0.39, 0.29) is 5.41 Å². The predicted molar refractivity (Wildman–Crippen MR) is 252 cm³/mol. The van der Waals surface area contributed by atoms with E-state index in [1.54, 1.807) is 0 Å². The lowest BCUT2D eigenvalue weighted by Gasteiger charge is -2.25. The van der Waals surface area contributed by atoms with E-state index in [4.69, 9.17) is 8.83 Å². The molecule has 1 radical (unpaired) electrons. The number of fused-ring (bicyclic) bond motifs is 14. The molecular weight excluding hydrogens is 739 g/mol. The minimum Gasteiger partial charge on any atom is -0.456 e. The van der Waals surface area contributed by atoms with Crippen molar-refractivity contribution >= 4 is 127 Å². The zero-order valence-corrected chi connectivity index (χ0v) is 33.8. The fourth-order valence-electron chi connectivity index (χ4n) is 9.82. The van der Waals surface area contributed by atoms with Crippen LogP contribution in [0, 0.1) is 6.92 Å². The molecule has 4 aromatic heterocycles. The Balaban J connectivity index is 1.13. The van der Waals surface area contributed by atoms with Crippen molar-refractivity contribution in [2.24, 2.45) is 0 Å². The lowest BCUT2D eigenvalue weighted by Crippen LogP contribution is -2.37. The summed E-state index contributed by atoms with van der Waals surface area (Å²) in [5.74, 6) is 0. The smallest absolute Gasteiger partial charge is 0.197 e. The number of hydrogen-bond donors (Lipinski definition) is 1. The van der Waals surface area contributed by atoms with Crippen molar-refractivity contribution in [3.8, 4) is 16.8 Å². The van der Waals surface area contributed by atoms with E-state index in [2.05, 4.69) is 172 Å². The number of thiophene rings is 1. The molecule has 0 bridgehead atoms. The van der Waals surface area contributed by atoms with Gasteiger partial charge in [0.2, 0.25) is 0 Å². The van der Waals surface area contributed by atoms with Gasteiger partial charge in [-0.15, -0.1) is 11.3 Å². The molecule has 279 valence electrons. The molecule has 1 aliphatic heterocycles. The van der Waals surface area contributed by atoms with Crippen LogP contribution in [0.15, 0.2) is 148 Å². The minimum atomic E-state index is 0.0733. The second kappa shape index (κ2) is 11.7. The number of benzene rings is 8. The van der Waals surface area contributed by atoms with E-state index < -0.39 is 0 Å². The van der Waals surface area contributed by atoms with Gasteiger partial charge in [0.25, 0.3) is 0 Å². The number of aromatic nitrogens is 1.